The maximum atomic E-state index is 12.9. The van der Waals surface area contributed by atoms with Crippen LogP contribution in [0.4, 0.5) is 11.4 Å². The van der Waals surface area contributed by atoms with Crippen LogP contribution in [0.1, 0.15) is 6.42 Å². The fourth-order valence-electron chi connectivity index (χ4n) is 5.00. The molecule has 0 unspecified atom stereocenters. The molecule has 6 heteroatoms. The topological polar surface area (TPSA) is 80.5 Å². The number of benzene rings is 1. The Morgan fingerprint density at radius 2 is 1.57 bits per heavy atom. The fraction of sp³-hybridized carbons (Fsp3) is 0.412. The van der Waals surface area contributed by atoms with E-state index in [-0.39, 0.29) is 46.9 Å². The number of carbonyl (C=O) groups excluding carboxylic acids is 2. The van der Waals surface area contributed by atoms with Crippen LogP contribution in [0, 0.1) is 45.6 Å². The summed E-state index contributed by atoms with van der Waals surface area (Å²) in [5.41, 5.74) is -0.0896. The number of nitro groups is 1. The third-order valence-electron chi connectivity index (χ3n) is 5.98. The van der Waals surface area contributed by atoms with Gasteiger partial charge in [0.05, 0.1) is 16.8 Å². The van der Waals surface area contributed by atoms with Gasteiger partial charge in [0.15, 0.2) is 0 Å². The third-order valence-corrected chi connectivity index (χ3v) is 5.98. The predicted octanol–water partition coefficient (Wildman–Crippen LogP) is 2.15. The molecule has 6 rings (SSSR count). The summed E-state index contributed by atoms with van der Waals surface area (Å²) in [6.07, 6.45) is 5.28. The van der Waals surface area contributed by atoms with E-state index in [1.807, 2.05) is 0 Å². The van der Waals surface area contributed by atoms with Crippen molar-refractivity contribution in [3.05, 3.63) is 46.5 Å². The summed E-state index contributed by atoms with van der Waals surface area (Å²) in [5.74, 6) is 0.0981. The molecule has 2 bridgehead atoms. The third kappa shape index (κ3) is 1.48. The molecule has 1 heterocycles. The molecule has 5 aliphatic rings. The summed E-state index contributed by atoms with van der Waals surface area (Å²) in [7, 11) is 0. The van der Waals surface area contributed by atoms with Gasteiger partial charge < -0.3 is 0 Å². The van der Waals surface area contributed by atoms with E-state index in [2.05, 4.69) is 12.2 Å². The average Bonchev–Trinajstić information content (AvgIpc) is 3.32. The molecule has 2 amide bonds. The normalized spacial score (nSPS) is 39.4. The highest BCUT2D eigenvalue weighted by Crippen LogP contribution is 2.65. The van der Waals surface area contributed by atoms with Crippen molar-refractivity contribution >= 4 is 23.2 Å². The van der Waals surface area contributed by atoms with Gasteiger partial charge in [-0.1, -0.05) is 24.3 Å². The van der Waals surface area contributed by atoms with Gasteiger partial charge in [-0.3, -0.25) is 19.7 Å². The van der Waals surface area contributed by atoms with Gasteiger partial charge >= 0.3 is 0 Å². The number of anilines is 1. The quantitative estimate of drug-likeness (QED) is 0.363. The number of hydrogen-bond acceptors (Lipinski definition) is 4. The second kappa shape index (κ2) is 4.07. The first-order valence-electron chi connectivity index (χ1n) is 7.89. The number of nitro benzene ring substituents is 1. The van der Waals surface area contributed by atoms with Gasteiger partial charge in [-0.2, -0.15) is 0 Å². The Morgan fingerprint density at radius 3 is 2.13 bits per heavy atom. The van der Waals surface area contributed by atoms with Crippen LogP contribution in [0.15, 0.2) is 36.4 Å². The Bertz CT molecular complexity index is 766. The van der Waals surface area contributed by atoms with Gasteiger partial charge in [0.1, 0.15) is 5.69 Å². The lowest BCUT2D eigenvalue weighted by Gasteiger charge is -2.37. The van der Waals surface area contributed by atoms with Gasteiger partial charge in [0.2, 0.25) is 11.8 Å². The first-order valence-corrected chi connectivity index (χ1v) is 7.89. The van der Waals surface area contributed by atoms with Crippen LogP contribution in [0.2, 0.25) is 0 Å². The molecule has 1 aromatic rings. The predicted molar refractivity (Wildman–Crippen MR) is 80.3 cm³/mol. The summed E-state index contributed by atoms with van der Waals surface area (Å²) in [4.78, 5) is 37.6. The van der Waals surface area contributed by atoms with Crippen molar-refractivity contribution in [3.63, 3.8) is 0 Å². The largest absolute Gasteiger partial charge is 0.293 e. The molecule has 0 spiro atoms. The molecule has 3 fully saturated rings. The Morgan fingerprint density at radius 1 is 1.00 bits per heavy atom. The molecule has 1 aromatic carbocycles. The van der Waals surface area contributed by atoms with E-state index in [9.17, 15) is 19.7 Å². The lowest BCUT2D eigenvalue weighted by Crippen LogP contribution is -2.40. The summed E-state index contributed by atoms with van der Waals surface area (Å²) in [5, 5.41) is 11.3. The smallest absolute Gasteiger partial charge is 0.274 e. The van der Waals surface area contributed by atoms with Gasteiger partial charge in [0.25, 0.3) is 5.69 Å². The molecule has 0 radical (unpaired) electrons. The second-order valence-corrected chi connectivity index (χ2v) is 6.91. The Balaban J connectivity index is 1.61. The minimum Gasteiger partial charge on any atom is -0.274 e. The molecule has 0 N–H and O–H groups in total. The van der Waals surface area contributed by atoms with E-state index in [0.29, 0.717) is 11.8 Å². The molecule has 6 atom stereocenters. The summed E-state index contributed by atoms with van der Waals surface area (Å²) >= 11 is 0. The Hall–Kier alpha value is -2.50. The minimum absolute atomic E-state index is 0.106. The van der Waals surface area contributed by atoms with Gasteiger partial charge in [-0.15, -0.1) is 0 Å². The van der Waals surface area contributed by atoms with Gasteiger partial charge in [-0.25, -0.2) is 4.90 Å². The first-order chi connectivity index (χ1) is 11.1. The standard InChI is InChI=1S/C17H14N2O4/c20-16-14-8-5-6-9(11-7-10(8)11)15(14)17(21)18(16)12-3-1-2-4-13(12)19(22)23/h1-6,8-11,14-15H,7H2/t8-,9-,10-,11-,14-,15+/m1/s1. The fourth-order valence-corrected chi connectivity index (χ4v) is 5.00. The van der Waals surface area contributed by atoms with Gasteiger partial charge in [-0.05, 0) is 36.2 Å². The maximum Gasteiger partial charge on any atom is 0.293 e. The van der Waals surface area contributed by atoms with Crippen molar-refractivity contribution in [2.24, 2.45) is 35.5 Å². The molecule has 4 aliphatic carbocycles. The van der Waals surface area contributed by atoms with Crippen LogP contribution in [0.25, 0.3) is 0 Å². The lowest BCUT2D eigenvalue weighted by molar-refractivity contribution is -0.384. The van der Waals surface area contributed by atoms with Crippen LogP contribution in [-0.2, 0) is 9.59 Å². The number of para-hydroxylation sites is 2. The molecule has 116 valence electrons. The maximum absolute atomic E-state index is 12.9. The number of allylic oxidation sites excluding steroid dienone is 2. The Labute approximate surface area is 131 Å². The van der Waals surface area contributed by atoms with Crippen LogP contribution in [-0.4, -0.2) is 16.7 Å². The average molecular weight is 310 g/mol. The van der Waals surface area contributed by atoms with E-state index >= 15 is 0 Å². The number of nitrogens with zero attached hydrogens (tertiary/aromatic N) is 2. The molecule has 1 saturated heterocycles. The van der Waals surface area contributed by atoms with Crippen LogP contribution in [0.5, 0.6) is 0 Å². The van der Waals surface area contributed by atoms with E-state index in [1.54, 1.807) is 12.1 Å². The number of carbonyl (C=O) groups is 2. The number of imide groups is 1. The number of rotatable bonds is 2. The summed E-state index contributed by atoms with van der Waals surface area (Å²) in [6.45, 7) is 0. The van der Waals surface area contributed by atoms with Crippen molar-refractivity contribution in [1.29, 1.82) is 0 Å². The summed E-state index contributed by atoms with van der Waals surface area (Å²) < 4.78 is 0. The van der Waals surface area contributed by atoms with E-state index in [0.717, 1.165) is 11.3 Å². The van der Waals surface area contributed by atoms with Gasteiger partial charge in [0, 0.05) is 6.07 Å². The monoisotopic (exact) mass is 310 g/mol. The first kappa shape index (κ1) is 13.0. The van der Waals surface area contributed by atoms with Crippen molar-refractivity contribution in [3.8, 4) is 0 Å². The van der Waals surface area contributed by atoms with Crippen molar-refractivity contribution in [1.82, 2.24) is 0 Å². The van der Waals surface area contributed by atoms with E-state index in [1.165, 1.54) is 12.1 Å². The zero-order valence-corrected chi connectivity index (χ0v) is 12.2. The summed E-state index contributed by atoms with van der Waals surface area (Å²) in [6, 6.07) is 5.98. The van der Waals surface area contributed by atoms with E-state index in [4.69, 9.17) is 0 Å². The molecular weight excluding hydrogens is 296 g/mol. The molecule has 0 aromatic heterocycles. The highest BCUT2D eigenvalue weighted by Gasteiger charge is 2.67. The molecule has 2 saturated carbocycles. The zero-order valence-electron chi connectivity index (χ0n) is 12.2. The van der Waals surface area contributed by atoms with Crippen LogP contribution < -0.4 is 4.90 Å². The van der Waals surface area contributed by atoms with Crippen molar-refractivity contribution < 1.29 is 14.5 Å². The molecule has 1 aliphatic heterocycles. The number of amides is 2. The highest BCUT2D eigenvalue weighted by molar-refractivity contribution is 6.23. The molecule has 23 heavy (non-hydrogen) atoms. The Kier molecular flexibility index (Phi) is 2.30. The zero-order chi connectivity index (χ0) is 15.9. The lowest BCUT2D eigenvalue weighted by atomic mass is 9.63. The number of hydrogen-bond donors (Lipinski definition) is 0. The SMILES string of the molecule is O=C1[C@@H]2[C@@H]3C=C[C@H]([C@H]4C[C@H]34)[C@@H]2C(=O)N1c1ccccc1[N+](=O)[O-]. The van der Waals surface area contributed by atoms with Crippen molar-refractivity contribution in [2.75, 3.05) is 4.90 Å². The van der Waals surface area contributed by atoms with Crippen LogP contribution in [0.3, 0.4) is 0 Å². The highest BCUT2D eigenvalue weighted by atomic mass is 16.6. The van der Waals surface area contributed by atoms with Crippen LogP contribution >= 0.6 is 0 Å². The minimum atomic E-state index is -0.539. The van der Waals surface area contributed by atoms with E-state index < -0.39 is 4.92 Å². The molecular formula is C17H14N2O4. The second-order valence-electron chi connectivity index (χ2n) is 6.91. The molecule has 6 nitrogen and oxygen atoms in total. The van der Waals surface area contributed by atoms with Crippen molar-refractivity contribution in [2.45, 2.75) is 6.42 Å².